The zero-order valence-corrected chi connectivity index (χ0v) is 19.0. The Morgan fingerprint density at radius 3 is 1.73 bits per heavy atom. The Balaban J connectivity index is 2.87. The van der Waals surface area contributed by atoms with E-state index in [1.807, 2.05) is 4.82 Å². The molecule has 0 N–H and O–H groups in total. The van der Waals surface area contributed by atoms with Crippen molar-refractivity contribution in [2.45, 2.75) is 71.5 Å². The molecule has 1 aromatic carbocycles. The summed E-state index contributed by atoms with van der Waals surface area (Å²) < 4.78 is 0. The number of rotatable bonds is 3. The van der Waals surface area contributed by atoms with Gasteiger partial charge in [0.05, 0.1) is 8.07 Å². The van der Waals surface area contributed by atoms with Crippen molar-refractivity contribution in [1.82, 2.24) is 0 Å². The molecule has 0 aromatic heterocycles. The zero-order valence-electron chi connectivity index (χ0n) is 16.0. The Hall–Kier alpha value is -0.389. The third-order valence-corrected chi connectivity index (χ3v) is 22.6. The molecular formula is C19H34Si3. The molecule has 2 unspecified atom stereocenters. The molecule has 2 atom stereocenters. The van der Waals surface area contributed by atoms with Crippen molar-refractivity contribution < 1.29 is 0 Å². The van der Waals surface area contributed by atoms with Gasteiger partial charge in [-0.25, -0.2) is 0 Å². The van der Waals surface area contributed by atoms with E-state index in [9.17, 15) is 0 Å². The lowest BCUT2D eigenvalue weighted by atomic mass is 10.4. The summed E-state index contributed by atoms with van der Waals surface area (Å²) in [6, 6.07) is 9.51. The van der Waals surface area contributed by atoms with Crippen molar-refractivity contribution in [3.05, 3.63) is 34.8 Å². The van der Waals surface area contributed by atoms with Crippen LogP contribution >= 0.6 is 0 Å². The molecule has 0 spiro atoms. The second kappa shape index (κ2) is 5.60. The van der Waals surface area contributed by atoms with Crippen molar-refractivity contribution in [2.24, 2.45) is 0 Å². The van der Waals surface area contributed by atoms with E-state index in [4.69, 9.17) is 0 Å². The molecule has 1 aromatic rings. The van der Waals surface area contributed by atoms with E-state index in [0.29, 0.717) is 0 Å². The molecule has 0 saturated carbocycles. The maximum Gasteiger partial charge on any atom is 0.108 e. The largest absolute Gasteiger partial charge is 0.108 e. The summed E-state index contributed by atoms with van der Waals surface area (Å²) in [6.07, 6.45) is 0. The molecule has 1 aliphatic rings. The smallest absolute Gasteiger partial charge is 0.0980 e. The van der Waals surface area contributed by atoms with Crippen molar-refractivity contribution in [3.63, 3.8) is 0 Å². The summed E-state index contributed by atoms with van der Waals surface area (Å²) in [7, 11) is -4.41. The fraction of sp³-hybridized carbons (Fsp3) is 0.579. The van der Waals surface area contributed by atoms with E-state index < -0.39 is 24.2 Å². The molecule has 0 amide bonds. The van der Waals surface area contributed by atoms with E-state index >= 15 is 0 Å². The van der Waals surface area contributed by atoms with Crippen molar-refractivity contribution in [2.75, 3.05) is 0 Å². The van der Waals surface area contributed by atoms with Crippen LogP contribution in [0.15, 0.2) is 34.8 Å². The SMILES string of the molecule is CC(C)[Si]1(C)C=C([Si](C)(C)C)[Si](C)(C(C)C)c2ccccc21. The van der Waals surface area contributed by atoms with Crippen LogP contribution in [0.1, 0.15) is 27.7 Å². The lowest BCUT2D eigenvalue weighted by Gasteiger charge is -2.49. The zero-order chi connectivity index (χ0) is 16.9. The van der Waals surface area contributed by atoms with E-state index in [-0.39, 0.29) is 0 Å². The van der Waals surface area contributed by atoms with Gasteiger partial charge in [0.25, 0.3) is 0 Å². The Bertz CT molecular complexity index is 595. The molecule has 3 heteroatoms. The van der Waals surface area contributed by atoms with Gasteiger partial charge in [0.15, 0.2) is 0 Å². The Morgan fingerprint density at radius 1 is 0.818 bits per heavy atom. The normalized spacial score (nSPS) is 28.8. The number of benzene rings is 1. The molecule has 2 rings (SSSR count). The monoisotopic (exact) mass is 346 g/mol. The summed E-state index contributed by atoms with van der Waals surface area (Å²) in [5, 5.41) is 3.52. The molecule has 0 saturated heterocycles. The summed E-state index contributed by atoms with van der Waals surface area (Å²) in [6.45, 7) is 22.8. The van der Waals surface area contributed by atoms with Crippen LogP contribution < -0.4 is 10.4 Å². The number of fused-ring (bicyclic) bond motifs is 1. The third kappa shape index (κ3) is 2.55. The average Bonchev–Trinajstić information content (AvgIpc) is 2.41. The van der Waals surface area contributed by atoms with Crippen LogP contribution in [0.5, 0.6) is 0 Å². The molecule has 22 heavy (non-hydrogen) atoms. The highest BCUT2D eigenvalue weighted by Crippen LogP contribution is 2.39. The van der Waals surface area contributed by atoms with Gasteiger partial charge in [0.1, 0.15) is 16.1 Å². The highest BCUT2D eigenvalue weighted by molar-refractivity contribution is 7.18. The van der Waals surface area contributed by atoms with Crippen LogP contribution in [0.25, 0.3) is 0 Å². The fourth-order valence-electron chi connectivity index (χ4n) is 4.17. The topological polar surface area (TPSA) is 0 Å². The van der Waals surface area contributed by atoms with E-state index in [2.05, 4.69) is 90.4 Å². The van der Waals surface area contributed by atoms with Gasteiger partial charge in [-0.2, -0.15) is 0 Å². The van der Waals surface area contributed by atoms with Crippen LogP contribution in [0.2, 0.25) is 43.8 Å². The van der Waals surface area contributed by atoms with Gasteiger partial charge in [-0.3, -0.25) is 0 Å². The predicted molar refractivity (Wildman–Crippen MR) is 111 cm³/mol. The summed E-state index contributed by atoms with van der Waals surface area (Å²) in [5.74, 6) is 0. The van der Waals surface area contributed by atoms with Crippen molar-refractivity contribution in [3.8, 4) is 0 Å². The molecule has 0 nitrogen and oxygen atoms in total. The minimum absolute atomic E-state index is 0.769. The second-order valence-corrected chi connectivity index (χ2v) is 23.9. The van der Waals surface area contributed by atoms with Gasteiger partial charge in [-0.15, -0.1) is 0 Å². The molecule has 0 fully saturated rings. The molecule has 0 radical (unpaired) electrons. The maximum absolute atomic E-state index is 2.87. The first-order valence-corrected chi connectivity index (χ1v) is 17.5. The quantitative estimate of drug-likeness (QED) is 0.678. The molecule has 122 valence electrons. The van der Waals surface area contributed by atoms with Crippen LogP contribution in [0, 0.1) is 0 Å². The molecule has 0 aliphatic carbocycles. The molecule has 1 heterocycles. The minimum atomic E-state index is -1.58. The van der Waals surface area contributed by atoms with Gasteiger partial charge in [0.2, 0.25) is 0 Å². The van der Waals surface area contributed by atoms with Gasteiger partial charge in [-0.05, 0) is 11.1 Å². The summed E-state index contributed by atoms with van der Waals surface area (Å²) >= 11 is 0. The first-order chi connectivity index (χ1) is 9.95. The third-order valence-electron chi connectivity index (χ3n) is 6.23. The number of hydrogen-bond acceptors (Lipinski definition) is 0. The van der Waals surface area contributed by atoms with Crippen LogP contribution in [0.4, 0.5) is 0 Å². The molecule has 1 aliphatic heterocycles. The second-order valence-electron chi connectivity index (χ2n) is 9.15. The Morgan fingerprint density at radius 2 is 1.32 bits per heavy atom. The summed E-state index contributed by atoms with van der Waals surface area (Å²) in [4.78, 5) is 1.94. The highest BCUT2D eigenvalue weighted by atomic mass is 28.4. The minimum Gasteiger partial charge on any atom is -0.0980 e. The van der Waals surface area contributed by atoms with Gasteiger partial charge in [-0.1, -0.05) is 106 Å². The van der Waals surface area contributed by atoms with Gasteiger partial charge >= 0.3 is 0 Å². The first-order valence-electron chi connectivity index (χ1n) is 8.79. The maximum atomic E-state index is 2.87. The highest BCUT2D eigenvalue weighted by Gasteiger charge is 2.50. The standard InChI is InChI=1S/C19H34Si3/c1-15(2)21(8)14-19(20(5,6)7)22(9,16(3)4)18-13-11-10-12-17(18)21/h10-16H,1-9H3. The van der Waals surface area contributed by atoms with Crippen LogP contribution in [-0.2, 0) is 0 Å². The van der Waals surface area contributed by atoms with Gasteiger partial charge < -0.3 is 0 Å². The average molecular weight is 347 g/mol. The molecule has 0 bridgehead atoms. The summed E-state index contributed by atoms with van der Waals surface area (Å²) in [5.41, 5.74) is 4.42. The van der Waals surface area contributed by atoms with Gasteiger partial charge in [0, 0.05) is 0 Å². The predicted octanol–water partition coefficient (Wildman–Crippen LogP) is 4.97. The first kappa shape index (κ1) is 18.0. The van der Waals surface area contributed by atoms with E-state index in [1.165, 1.54) is 0 Å². The van der Waals surface area contributed by atoms with E-state index in [0.717, 1.165) is 11.1 Å². The lowest BCUT2D eigenvalue weighted by Crippen LogP contribution is -2.70. The Labute approximate surface area is 141 Å². The lowest BCUT2D eigenvalue weighted by molar-refractivity contribution is 1.02. The van der Waals surface area contributed by atoms with E-state index in [1.54, 1.807) is 10.4 Å². The van der Waals surface area contributed by atoms with Crippen molar-refractivity contribution in [1.29, 1.82) is 0 Å². The Kier molecular flexibility index (Phi) is 4.57. The number of hydrogen-bond donors (Lipinski definition) is 0. The van der Waals surface area contributed by atoms with Crippen LogP contribution in [0.3, 0.4) is 0 Å². The molecular weight excluding hydrogens is 312 g/mol. The van der Waals surface area contributed by atoms with Crippen molar-refractivity contribution >= 4 is 34.6 Å². The van der Waals surface area contributed by atoms with Crippen LogP contribution in [-0.4, -0.2) is 24.2 Å². The fourth-order valence-corrected chi connectivity index (χ4v) is 23.4.